The van der Waals surface area contributed by atoms with Crippen molar-refractivity contribution in [2.24, 2.45) is 5.92 Å². The molecule has 15 heteroatoms. The first-order valence-electron chi connectivity index (χ1n) is 20.0. The van der Waals surface area contributed by atoms with Crippen LogP contribution in [0.25, 0.3) is 33.3 Å². The first-order chi connectivity index (χ1) is 27.9. The monoisotopic (exact) mass is 767 g/mol. The lowest BCUT2D eigenvalue weighted by Gasteiger charge is -2.46. The number of nitrogens with one attached hydrogen (secondary N) is 1. The van der Waals surface area contributed by atoms with E-state index >= 15 is 0 Å². The van der Waals surface area contributed by atoms with Crippen molar-refractivity contribution in [2.45, 2.75) is 44.2 Å². The van der Waals surface area contributed by atoms with Crippen LogP contribution < -0.4 is 25.6 Å². The largest absolute Gasteiger partial charge is 0.457 e. The molecule has 4 fully saturated rings. The van der Waals surface area contributed by atoms with E-state index in [-0.39, 0.29) is 18.4 Å². The summed E-state index contributed by atoms with van der Waals surface area (Å²) in [5.41, 5.74) is 10.7. The summed E-state index contributed by atoms with van der Waals surface area (Å²) in [6.45, 7) is 7.79. The van der Waals surface area contributed by atoms with E-state index in [4.69, 9.17) is 20.1 Å². The number of amides is 3. The van der Waals surface area contributed by atoms with Gasteiger partial charge in [0, 0.05) is 88.1 Å². The van der Waals surface area contributed by atoms with Gasteiger partial charge in [-0.15, -0.1) is 0 Å². The number of nitrogen functional groups attached to an aromatic ring is 1. The van der Waals surface area contributed by atoms with Gasteiger partial charge in [0.05, 0.1) is 16.8 Å². The zero-order chi connectivity index (χ0) is 38.5. The molecular weight excluding hydrogens is 723 g/mol. The molecule has 3 N–H and O–H groups in total. The normalized spacial score (nSPS) is 21.3. The predicted molar refractivity (Wildman–Crippen MR) is 216 cm³/mol. The number of imide groups is 1. The number of carbonyl (C=O) groups is 2. The van der Waals surface area contributed by atoms with Gasteiger partial charge in [-0.25, -0.2) is 19.4 Å². The number of anilines is 3. The molecule has 292 valence electrons. The summed E-state index contributed by atoms with van der Waals surface area (Å²) in [7, 11) is 0. The van der Waals surface area contributed by atoms with Gasteiger partial charge >= 0.3 is 6.03 Å². The lowest BCUT2D eigenvalue weighted by Crippen LogP contribution is -2.56. The van der Waals surface area contributed by atoms with Crippen LogP contribution in [0.4, 0.5) is 22.1 Å². The Bertz CT molecular complexity index is 2410. The van der Waals surface area contributed by atoms with E-state index in [1.165, 1.54) is 4.90 Å². The highest BCUT2D eigenvalue weighted by Gasteiger charge is 2.34. The van der Waals surface area contributed by atoms with Crippen molar-refractivity contribution in [3.63, 3.8) is 0 Å². The maximum absolute atomic E-state index is 12.3. The van der Waals surface area contributed by atoms with Crippen LogP contribution in [0.15, 0.2) is 83.6 Å². The number of carbonyl (C=O) groups excluding carboxylic acids is 2. The highest BCUT2D eigenvalue weighted by Crippen LogP contribution is 2.38. The summed E-state index contributed by atoms with van der Waals surface area (Å²) >= 11 is 0. The Kier molecular flexibility index (Phi) is 9.17. The van der Waals surface area contributed by atoms with Crippen LogP contribution in [0, 0.1) is 5.92 Å². The van der Waals surface area contributed by atoms with E-state index in [9.17, 15) is 9.59 Å². The second-order valence-corrected chi connectivity index (χ2v) is 15.7. The molecule has 57 heavy (non-hydrogen) atoms. The summed E-state index contributed by atoms with van der Waals surface area (Å²) in [5, 5.41) is 13.2. The molecule has 4 aliphatic rings. The average Bonchev–Trinajstić information content (AvgIpc) is 3.83. The number of benzene rings is 3. The maximum atomic E-state index is 12.3. The molecule has 3 aromatic carbocycles. The molecule has 3 saturated heterocycles. The third-order valence-electron chi connectivity index (χ3n) is 12.1. The Morgan fingerprint density at radius 2 is 1.60 bits per heavy atom. The number of nitrogens with zero attached hydrogens (tertiary/aromatic N) is 9. The van der Waals surface area contributed by atoms with Crippen LogP contribution >= 0.6 is 0 Å². The number of aromatic nitrogens is 5. The number of hydrogen-bond acceptors (Lipinski definition) is 12. The topological polar surface area (TPSA) is 164 Å². The fourth-order valence-corrected chi connectivity index (χ4v) is 9.07. The minimum absolute atomic E-state index is 0.243. The Labute approximate surface area is 329 Å². The Hall–Kier alpha value is -6.06. The van der Waals surface area contributed by atoms with Gasteiger partial charge in [0.25, 0.3) is 0 Å². The van der Waals surface area contributed by atoms with Crippen molar-refractivity contribution in [1.29, 1.82) is 0 Å². The van der Waals surface area contributed by atoms with Gasteiger partial charge < -0.3 is 24.8 Å². The Morgan fingerprint density at radius 3 is 2.37 bits per heavy atom. The summed E-state index contributed by atoms with van der Waals surface area (Å²) in [6, 6.07) is 24.1. The molecule has 3 aromatic heterocycles. The number of piperazine rings is 1. The molecule has 10 rings (SSSR count). The van der Waals surface area contributed by atoms with Gasteiger partial charge in [-0.3, -0.25) is 19.9 Å². The van der Waals surface area contributed by atoms with Crippen molar-refractivity contribution >= 4 is 51.3 Å². The van der Waals surface area contributed by atoms with Crippen molar-refractivity contribution in [1.82, 2.24) is 40.0 Å². The number of ether oxygens (including phenoxy) is 1. The minimum atomic E-state index is -0.464. The van der Waals surface area contributed by atoms with Crippen LogP contribution in [0.1, 0.15) is 38.1 Å². The van der Waals surface area contributed by atoms with E-state index < -0.39 is 6.03 Å². The predicted octanol–water partition coefficient (Wildman–Crippen LogP) is 5.69. The quantitative estimate of drug-likeness (QED) is 0.185. The fourth-order valence-electron chi connectivity index (χ4n) is 9.07. The first-order valence-corrected chi connectivity index (χ1v) is 20.0. The molecule has 0 unspecified atom stereocenters. The van der Waals surface area contributed by atoms with Crippen molar-refractivity contribution in [3.05, 3.63) is 79.1 Å². The standard InChI is InChI=1S/C42H45N11O4/c43-39-37-38(28-6-13-33(14-7-28)56-32-4-2-1-3-5-32)47-53(41(37)45-26-44-39)30-10-8-29(9-11-30)50-20-18-49(19-21-50)23-27-24-51(25-27)31-12-15-34-35(22-31)57-48-40(34)52-17-16-36(54)46-42(52)55/h1-7,12-15,22,26-27,29-30H,8-11,16-21,23-25H2,(H2,43,44,45)(H,46,54,55). The van der Waals surface area contributed by atoms with Gasteiger partial charge in [-0.1, -0.05) is 23.4 Å². The maximum Gasteiger partial charge on any atom is 0.329 e. The second kappa shape index (κ2) is 14.8. The summed E-state index contributed by atoms with van der Waals surface area (Å²) in [6.07, 6.45) is 6.14. The van der Waals surface area contributed by atoms with Crippen LogP contribution in [0.2, 0.25) is 0 Å². The molecule has 1 aliphatic carbocycles. The number of para-hydroxylation sites is 1. The molecular formula is C42H45N11O4. The van der Waals surface area contributed by atoms with Crippen LogP contribution in [0.5, 0.6) is 11.5 Å². The number of fused-ring (bicyclic) bond motifs is 2. The highest BCUT2D eigenvalue weighted by molar-refractivity contribution is 6.08. The van der Waals surface area contributed by atoms with Crippen LogP contribution in [0.3, 0.4) is 0 Å². The summed E-state index contributed by atoms with van der Waals surface area (Å²) in [4.78, 5) is 42.1. The smallest absolute Gasteiger partial charge is 0.329 e. The third-order valence-corrected chi connectivity index (χ3v) is 12.1. The fraction of sp³-hybridized carbons (Fsp3) is 0.381. The van der Waals surface area contributed by atoms with E-state index in [1.807, 2.05) is 66.7 Å². The molecule has 6 heterocycles. The Morgan fingerprint density at radius 1 is 0.842 bits per heavy atom. The number of rotatable bonds is 9. The molecule has 0 spiro atoms. The summed E-state index contributed by atoms with van der Waals surface area (Å²) < 4.78 is 13.7. The van der Waals surface area contributed by atoms with Crippen LogP contribution in [-0.4, -0.2) is 105 Å². The van der Waals surface area contributed by atoms with Crippen molar-refractivity contribution < 1.29 is 18.8 Å². The Balaban J connectivity index is 0.712. The first kappa shape index (κ1) is 35.4. The zero-order valence-electron chi connectivity index (χ0n) is 31.7. The molecule has 15 nitrogen and oxygen atoms in total. The summed E-state index contributed by atoms with van der Waals surface area (Å²) in [5.74, 6) is 2.79. The molecule has 6 aromatic rings. The van der Waals surface area contributed by atoms with E-state index in [0.29, 0.717) is 35.7 Å². The van der Waals surface area contributed by atoms with Gasteiger partial charge in [0.1, 0.15) is 29.3 Å². The van der Waals surface area contributed by atoms with E-state index in [0.717, 1.165) is 116 Å². The molecule has 0 bridgehead atoms. The number of urea groups is 1. The molecule has 0 radical (unpaired) electrons. The number of nitrogens with two attached hydrogens (primary N) is 1. The van der Waals surface area contributed by atoms with Gasteiger partial charge in [-0.2, -0.15) is 5.10 Å². The lowest BCUT2D eigenvalue weighted by atomic mass is 9.89. The average molecular weight is 768 g/mol. The zero-order valence-corrected chi connectivity index (χ0v) is 31.7. The van der Waals surface area contributed by atoms with E-state index in [2.05, 4.69) is 45.9 Å². The minimum Gasteiger partial charge on any atom is -0.457 e. The SMILES string of the molecule is Nc1ncnc2c1c(-c1ccc(Oc3ccccc3)cc1)nn2C1CCC(N2CCN(CC3CN(c4ccc5c(N6CCC(=O)NC6=O)noc5c4)C3)CC2)CC1. The molecule has 0 atom stereocenters. The van der Waals surface area contributed by atoms with Gasteiger partial charge in [0.2, 0.25) is 5.91 Å². The van der Waals surface area contributed by atoms with Gasteiger partial charge in [-0.05, 0) is 74.2 Å². The van der Waals surface area contributed by atoms with Crippen molar-refractivity contribution in [3.8, 4) is 22.8 Å². The molecule has 3 amide bonds. The van der Waals surface area contributed by atoms with Gasteiger partial charge in [0.15, 0.2) is 17.0 Å². The molecule has 3 aliphatic heterocycles. The third kappa shape index (κ3) is 6.90. The van der Waals surface area contributed by atoms with E-state index in [1.54, 1.807) is 6.33 Å². The van der Waals surface area contributed by atoms with Crippen molar-refractivity contribution in [2.75, 3.05) is 67.9 Å². The number of hydrogen-bond donors (Lipinski definition) is 2. The van der Waals surface area contributed by atoms with Crippen LogP contribution in [-0.2, 0) is 4.79 Å². The molecule has 1 saturated carbocycles. The second-order valence-electron chi connectivity index (χ2n) is 15.7. The lowest BCUT2D eigenvalue weighted by molar-refractivity contribution is -0.120. The highest BCUT2D eigenvalue weighted by atomic mass is 16.5.